The molecule has 0 bridgehead atoms. The van der Waals surface area contributed by atoms with Gasteiger partial charge >= 0.3 is 0 Å². The van der Waals surface area contributed by atoms with Gasteiger partial charge in [0.15, 0.2) is 6.29 Å². The smallest absolute Gasteiger partial charge is 0.169 e. The van der Waals surface area contributed by atoms with Gasteiger partial charge in [-0.05, 0) is 43.8 Å². The van der Waals surface area contributed by atoms with Crippen LogP contribution in [0.3, 0.4) is 0 Å². The molecule has 0 aliphatic carbocycles. The highest BCUT2D eigenvalue weighted by Crippen LogP contribution is 2.21. The number of benzene rings is 1. The number of methoxy groups -OCH3 is 2. The molecule has 0 atom stereocenters. The molecule has 0 amide bonds. The van der Waals surface area contributed by atoms with Crippen LogP contribution < -0.4 is 0 Å². The van der Waals surface area contributed by atoms with E-state index < -0.39 is 0 Å². The fourth-order valence-corrected chi connectivity index (χ4v) is 2.78. The number of hydrogen-bond donors (Lipinski definition) is 0. The first-order valence-corrected chi connectivity index (χ1v) is 7.13. The van der Waals surface area contributed by atoms with Gasteiger partial charge in [0, 0.05) is 20.8 Å². The number of ether oxygens (including phenoxy) is 2. The summed E-state index contributed by atoms with van der Waals surface area (Å²) in [6.45, 7) is 3.19. The molecule has 1 heterocycles. The van der Waals surface area contributed by atoms with Gasteiger partial charge in [-0.15, -0.1) is 0 Å². The molecule has 1 aromatic rings. The molecule has 1 aliphatic rings. The summed E-state index contributed by atoms with van der Waals surface area (Å²) in [4.78, 5) is 2.44. The first kappa shape index (κ1) is 14.5. The number of nitrogens with zero attached hydrogens (tertiary/aromatic N) is 1. The molecule has 0 radical (unpaired) electrons. The molecule has 1 aliphatic heterocycles. The van der Waals surface area contributed by atoms with Gasteiger partial charge in [0.05, 0.1) is 0 Å². The van der Waals surface area contributed by atoms with E-state index in [1.54, 1.807) is 14.2 Å². The second kappa shape index (κ2) is 7.63. The molecule has 0 unspecified atom stereocenters. The number of piperidine rings is 1. The average molecular weight is 263 g/mol. The van der Waals surface area contributed by atoms with Crippen molar-refractivity contribution in [1.82, 2.24) is 4.90 Å². The summed E-state index contributed by atoms with van der Waals surface area (Å²) in [6.07, 6.45) is 3.67. The molecule has 19 heavy (non-hydrogen) atoms. The summed E-state index contributed by atoms with van der Waals surface area (Å²) in [6, 6.07) is 10.8. The molecule has 3 heteroatoms. The highest BCUT2D eigenvalue weighted by Gasteiger charge is 2.21. The van der Waals surface area contributed by atoms with Crippen molar-refractivity contribution in [2.75, 3.05) is 33.9 Å². The minimum atomic E-state index is -0.0920. The Morgan fingerprint density at radius 2 is 1.74 bits per heavy atom. The largest absolute Gasteiger partial charge is 0.355 e. The Hall–Kier alpha value is -0.900. The maximum absolute atomic E-state index is 5.26. The van der Waals surface area contributed by atoms with Gasteiger partial charge in [-0.3, -0.25) is 4.90 Å². The quantitative estimate of drug-likeness (QED) is 0.736. The highest BCUT2D eigenvalue weighted by molar-refractivity contribution is 5.15. The van der Waals surface area contributed by atoms with Crippen molar-refractivity contribution in [3.8, 4) is 0 Å². The van der Waals surface area contributed by atoms with Crippen LogP contribution in [0.15, 0.2) is 30.3 Å². The Morgan fingerprint density at radius 3 is 2.32 bits per heavy atom. The fraction of sp³-hybridized carbons (Fsp3) is 0.625. The van der Waals surface area contributed by atoms with Gasteiger partial charge < -0.3 is 9.47 Å². The predicted octanol–water partition coefficient (Wildman–Crippen LogP) is 2.56. The van der Waals surface area contributed by atoms with E-state index in [4.69, 9.17) is 9.47 Å². The van der Waals surface area contributed by atoms with Crippen LogP contribution in [0.1, 0.15) is 18.4 Å². The molecule has 1 saturated heterocycles. The highest BCUT2D eigenvalue weighted by atomic mass is 16.7. The third-order valence-corrected chi connectivity index (χ3v) is 4.01. The number of rotatable bonds is 6. The number of likely N-dealkylation sites (tertiary alicyclic amines) is 1. The monoisotopic (exact) mass is 263 g/mol. The van der Waals surface area contributed by atoms with E-state index in [0.717, 1.165) is 25.6 Å². The summed E-state index contributed by atoms with van der Waals surface area (Å²) in [5, 5.41) is 0. The van der Waals surface area contributed by atoms with Gasteiger partial charge in [0.25, 0.3) is 0 Å². The molecule has 1 fully saturated rings. The topological polar surface area (TPSA) is 21.7 Å². The molecule has 0 spiro atoms. The lowest BCUT2D eigenvalue weighted by molar-refractivity contribution is -0.118. The maximum atomic E-state index is 5.26. The second-order valence-corrected chi connectivity index (χ2v) is 5.33. The first-order chi connectivity index (χ1) is 9.31. The van der Waals surface area contributed by atoms with E-state index in [-0.39, 0.29) is 6.29 Å². The van der Waals surface area contributed by atoms with Gasteiger partial charge in [-0.2, -0.15) is 0 Å². The lowest BCUT2D eigenvalue weighted by Crippen LogP contribution is -2.40. The minimum absolute atomic E-state index is 0.0920. The van der Waals surface area contributed by atoms with Crippen molar-refractivity contribution < 1.29 is 9.47 Å². The van der Waals surface area contributed by atoms with Crippen LogP contribution in [0.25, 0.3) is 0 Å². The van der Waals surface area contributed by atoms with Crippen molar-refractivity contribution in [2.45, 2.75) is 25.6 Å². The maximum Gasteiger partial charge on any atom is 0.169 e. The van der Waals surface area contributed by atoms with Crippen LogP contribution in [-0.4, -0.2) is 45.0 Å². The summed E-state index contributed by atoms with van der Waals surface area (Å²) >= 11 is 0. The predicted molar refractivity (Wildman–Crippen MR) is 77.1 cm³/mol. The molecule has 3 nitrogen and oxygen atoms in total. The van der Waals surface area contributed by atoms with Gasteiger partial charge in [0.1, 0.15) is 0 Å². The zero-order valence-corrected chi connectivity index (χ0v) is 12.0. The van der Waals surface area contributed by atoms with Crippen LogP contribution in [-0.2, 0) is 15.9 Å². The standard InChI is InChI=1S/C16H25NO2/c1-18-16(19-2)13-17-10-8-15(9-11-17)12-14-6-4-3-5-7-14/h3-7,15-16H,8-13H2,1-2H3. The van der Waals surface area contributed by atoms with E-state index in [2.05, 4.69) is 35.2 Å². The zero-order valence-electron chi connectivity index (χ0n) is 12.0. The van der Waals surface area contributed by atoms with E-state index in [9.17, 15) is 0 Å². The van der Waals surface area contributed by atoms with E-state index in [1.807, 2.05) is 0 Å². The molecule has 106 valence electrons. The van der Waals surface area contributed by atoms with Crippen LogP contribution in [0.2, 0.25) is 0 Å². The van der Waals surface area contributed by atoms with E-state index in [1.165, 1.54) is 24.8 Å². The fourth-order valence-electron chi connectivity index (χ4n) is 2.78. The van der Waals surface area contributed by atoms with Crippen LogP contribution in [0.5, 0.6) is 0 Å². The van der Waals surface area contributed by atoms with Crippen molar-refractivity contribution in [3.63, 3.8) is 0 Å². The normalized spacial score (nSPS) is 18.1. The Labute approximate surface area is 116 Å². The summed E-state index contributed by atoms with van der Waals surface area (Å²) in [5.41, 5.74) is 1.47. The molecule has 2 rings (SSSR count). The molecule has 0 saturated carbocycles. The molecular weight excluding hydrogens is 238 g/mol. The van der Waals surface area contributed by atoms with Gasteiger partial charge in [0.2, 0.25) is 0 Å². The SMILES string of the molecule is COC(CN1CCC(Cc2ccccc2)CC1)OC. The lowest BCUT2D eigenvalue weighted by atomic mass is 9.90. The van der Waals surface area contributed by atoms with E-state index in [0.29, 0.717) is 0 Å². The molecule has 1 aromatic carbocycles. The zero-order chi connectivity index (χ0) is 13.5. The van der Waals surface area contributed by atoms with Gasteiger partial charge in [-0.25, -0.2) is 0 Å². The summed E-state index contributed by atoms with van der Waals surface area (Å²) < 4.78 is 10.5. The minimum Gasteiger partial charge on any atom is -0.355 e. The van der Waals surface area contributed by atoms with Crippen LogP contribution in [0.4, 0.5) is 0 Å². The average Bonchev–Trinajstić information content (AvgIpc) is 2.47. The number of hydrogen-bond acceptors (Lipinski definition) is 3. The summed E-state index contributed by atoms with van der Waals surface area (Å²) in [5.74, 6) is 0.821. The Kier molecular flexibility index (Phi) is 5.83. The lowest BCUT2D eigenvalue weighted by Gasteiger charge is -2.33. The Balaban J connectivity index is 1.73. The van der Waals surface area contributed by atoms with Crippen molar-refractivity contribution in [1.29, 1.82) is 0 Å². The van der Waals surface area contributed by atoms with Crippen LogP contribution >= 0.6 is 0 Å². The third kappa shape index (κ3) is 4.60. The molecular formula is C16H25NO2. The molecule has 0 N–H and O–H groups in total. The van der Waals surface area contributed by atoms with Crippen LogP contribution in [0, 0.1) is 5.92 Å². The summed E-state index contributed by atoms with van der Waals surface area (Å²) in [7, 11) is 3.41. The van der Waals surface area contributed by atoms with Gasteiger partial charge in [-0.1, -0.05) is 30.3 Å². The molecule has 0 aromatic heterocycles. The third-order valence-electron chi connectivity index (χ3n) is 4.01. The van der Waals surface area contributed by atoms with Crippen molar-refractivity contribution in [2.24, 2.45) is 5.92 Å². The van der Waals surface area contributed by atoms with E-state index >= 15 is 0 Å². The van der Waals surface area contributed by atoms with Crippen molar-refractivity contribution in [3.05, 3.63) is 35.9 Å². The van der Waals surface area contributed by atoms with Crippen molar-refractivity contribution >= 4 is 0 Å². The Morgan fingerprint density at radius 1 is 1.11 bits per heavy atom. The Bertz CT molecular complexity index is 343. The second-order valence-electron chi connectivity index (χ2n) is 5.33. The first-order valence-electron chi connectivity index (χ1n) is 7.13.